The van der Waals surface area contributed by atoms with E-state index in [1.54, 1.807) is 14.2 Å². The monoisotopic (exact) mass is 280 g/mol. The van der Waals surface area contributed by atoms with Gasteiger partial charge in [-0.25, -0.2) is 0 Å². The Morgan fingerprint density at radius 2 is 1.80 bits per heavy atom. The van der Waals surface area contributed by atoms with Gasteiger partial charge in [0.05, 0.1) is 6.61 Å². The van der Waals surface area contributed by atoms with Crippen molar-refractivity contribution in [3.05, 3.63) is 29.8 Å². The molecule has 0 radical (unpaired) electrons. The molecule has 114 valence electrons. The van der Waals surface area contributed by atoms with Crippen molar-refractivity contribution in [1.29, 1.82) is 0 Å². The summed E-state index contributed by atoms with van der Waals surface area (Å²) in [6.45, 7) is 5.42. The molecule has 1 atom stereocenters. The number of benzene rings is 1. The third-order valence-electron chi connectivity index (χ3n) is 3.46. The Bertz CT molecular complexity index is 371. The van der Waals surface area contributed by atoms with Gasteiger partial charge in [-0.1, -0.05) is 25.1 Å². The van der Waals surface area contributed by atoms with Crippen LogP contribution in [-0.2, 0) is 9.47 Å². The Hall–Kier alpha value is -1.10. The summed E-state index contributed by atoms with van der Waals surface area (Å²) in [4.78, 5) is 2.34. The van der Waals surface area contributed by atoms with Gasteiger partial charge in [-0.3, -0.25) is 0 Å². The van der Waals surface area contributed by atoms with E-state index in [4.69, 9.17) is 15.2 Å². The first kappa shape index (κ1) is 17.0. The Balaban J connectivity index is 2.87. The average molecular weight is 280 g/mol. The summed E-state index contributed by atoms with van der Waals surface area (Å²) in [5, 5.41) is 0. The Morgan fingerprint density at radius 3 is 2.45 bits per heavy atom. The molecular formula is C16H28N2O2. The van der Waals surface area contributed by atoms with Crippen LogP contribution in [-0.4, -0.2) is 40.5 Å². The van der Waals surface area contributed by atoms with Gasteiger partial charge in [0.25, 0.3) is 0 Å². The van der Waals surface area contributed by atoms with Gasteiger partial charge in [-0.15, -0.1) is 0 Å². The number of hydrogen-bond acceptors (Lipinski definition) is 4. The molecule has 0 saturated carbocycles. The summed E-state index contributed by atoms with van der Waals surface area (Å²) in [6.07, 6.45) is 1.93. The van der Waals surface area contributed by atoms with Gasteiger partial charge in [-0.05, 0) is 24.5 Å². The van der Waals surface area contributed by atoms with Gasteiger partial charge in [0.15, 0.2) is 0 Å². The summed E-state index contributed by atoms with van der Waals surface area (Å²) in [6, 6.07) is 8.47. The molecule has 0 aliphatic heterocycles. The van der Waals surface area contributed by atoms with Crippen LogP contribution in [0.4, 0.5) is 5.69 Å². The Labute approximate surface area is 122 Å². The van der Waals surface area contributed by atoms with Crippen molar-refractivity contribution in [2.45, 2.75) is 25.8 Å². The summed E-state index contributed by atoms with van der Waals surface area (Å²) in [5.41, 5.74) is 8.66. The molecule has 0 unspecified atom stereocenters. The smallest absolute Gasteiger partial charge is 0.0637 e. The SMILES string of the molecule is CC[C@@H](N)c1ccccc1N(CCCOC)CCOC. The minimum atomic E-state index is 0.0821. The molecule has 1 aromatic rings. The van der Waals surface area contributed by atoms with Gasteiger partial charge < -0.3 is 20.1 Å². The fourth-order valence-corrected chi connectivity index (χ4v) is 2.26. The summed E-state index contributed by atoms with van der Waals surface area (Å²) < 4.78 is 10.4. The lowest BCUT2D eigenvalue weighted by molar-refractivity contribution is 0.191. The normalized spacial score (nSPS) is 12.4. The topological polar surface area (TPSA) is 47.7 Å². The maximum atomic E-state index is 6.23. The highest BCUT2D eigenvalue weighted by Gasteiger charge is 2.14. The molecule has 0 aromatic heterocycles. The molecule has 1 aromatic carbocycles. The van der Waals surface area contributed by atoms with E-state index in [9.17, 15) is 0 Å². The van der Waals surface area contributed by atoms with Gasteiger partial charge in [0, 0.05) is 45.6 Å². The second-order valence-electron chi connectivity index (χ2n) is 4.90. The van der Waals surface area contributed by atoms with Crippen molar-refractivity contribution < 1.29 is 9.47 Å². The predicted molar refractivity (Wildman–Crippen MR) is 84.2 cm³/mol. The van der Waals surface area contributed by atoms with Crippen LogP contribution >= 0.6 is 0 Å². The van der Waals surface area contributed by atoms with Crippen LogP contribution < -0.4 is 10.6 Å². The third kappa shape index (κ3) is 5.12. The minimum Gasteiger partial charge on any atom is -0.385 e. The third-order valence-corrected chi connectivity index (χ3v) is 3.46. The Kier molecular flexibility index (Phi) is 8.26. The number of nitrogens with zero attached hydrogens (tertiary/aromatic N) is 1. The quantitative estimate of drug-likeness (QED) is 0.669. The molecule has 0 aliphatic carbocycles. The van der Waals surface area contributed by atoms with Crippen LogP contribution in [0, 0.1) is 0 Å². The molecule has 2 N–H and O–H groups in total. The number of para-hydroxylation sites is 1. The van der Waals surface area contributed by atoms with Crippen molar-refractivity contribution in [1.82, 2.24) is 0 Å². The van der Waals surface area contributed by atoms with E-state index < -0.39 is 0 Å². The molecular weight excluding hydrogens is 252 g/mol. The molecule has 0 aliphatic rings. The second kappa shape index (κ2) is 9.75. The molecule has 0 saturated heterocycles. The van der Waals surface area contributed by atoms with Crippen molar-refractivity contribution in [3.63, 3.8) is 0 Å². The number of anilines is 1. The van der Waals surface area contributed by atoms with E-state index in [-0.39, 0.29) is 6.04 Å². The largest absolute Gasteiger partial charge is 0.385 e. The second-order valence-corrected chi connectivity index (χ2v) is 4.90. The number of rotatable bonds is 10. The Morgan fingerprint density at radius 1 is 1.10 bits per heavy atom. The standard InChI is InChI=1S/C16H28N2O2/c1-4-15(17)14-8-5-6-9-16(14)18(11-13-20-3)10-7-12-19-2/h5-6,8-9,15H,4,7,10-13,17H2,1-3H3/t15-/m1/s1. The lowest BCUT2D eigenvalue weighted by atomic mass is 10.0. The van der Waals surface area contributed by atoms with E-state index >= 15 is 0 Å². The highest BCUT2D eigenvalue weighted by molar-refractivity contribution is 5.55. The summed E-state index contributed by atoms with van der Waals surface area (Å²) >= 11 is 0. The molecule has 4 heteroatoms. The molecule has 20 heavy (non-hydrogen) atoms. The fourth-order valence-electron chi connectivity index (χ4n) is 2.26. The first-order valence-corrected chi connectivity index (χ1v) is 7.31. The van der Waals surface area contributed by atoms with Crippen LogP contribution in [0.25, 0.3) is 0 Å². The van der Waals surface area contributed by atoms with Crippen molar-refractivity contribution >= 4 is 5.69 Å². The molecule has 0 spiro atoms. The first-order chi connectivity index (χ1) is 9.74. The lowest BCUT2D eigenvalue weighted by Crippen LogP contribution is -2.30. The zero-order valence-electron chi connectivity index (χ0n) is 13.0. The van der Waals surface area contributed by atoms with E-state index in [1.165, 1.54) is 11.3 Å². The molecule has 0 amide bonds. The molecule has 4 nitrogen and oxygen atoms in total. The lowest BCUT2D eigenvalue weighted by Gasteiger charge is -2.28. The van der Waals surface area contributed by atoms with Gasteiger partial charge in [-0.2, -0.15) is 0 Å². The van der Waals surface area contributed by atoms with Crippen molar-refractivity contribution in [3.8, 4) is 0 Å². The van der Waals surface area contributed by atoms with Crippen LogP contribution in [0.15, 0.2) is 24.3 Å². The predicted octanol–water partition coefficient (Wildman–Crippen LogP) is 2.59. The number of nitrogens with two attached hydrogens (primary N) is 1. The van der Waals surface area contributed by atoms with Crippen molar-refractivity contribution in [2.24, 2.45) is 5.73 Å². The fraction of sp³-hybridized carbons (Fsp3) is 0.625. The van der Waals surface area contributed by atoms with Crippen molar-refractivity contribution in [2.75, 3.05) is 45.4 Å². The first-order valence-electron chi connectivity index (χ1n) is 7.31. The maximum Gasteiger partial charge on any atom is 0.0637 e. The highest BCUT2D eigenvalue weighted by Crippen LogP contribution is 2.26. The van der Waals surface area contributed by atoms with Crippen LogP contribution in [0.2, 0.25) is 0 Å². The van der Waals surface area contributed by atoms with Gasteiger partial charge in [0.2, 0.25) is 0 Å². The van der Waals surface area contributed by atoms with Gasteiger partial charge >= 0.3 is 0 Å². The maximum absolute atomic E-state index is 6.23. The summed E-state index contributed by atoms with van der Waals surface area (Å²) in [5.74, 6) is 0. The number of hydrogen-bond donors (Lipinski definition) is 1. The number of methoxy groups -OCH3 is 2. The van der Waals surface area contributed by atoms with E-state index in [2.05, 4.69) is 36.1 Å². The number of ether oxygens (including phenoxy) is 2. The molecule has 0 fully saturated rings. The molecule has 0 heterocycles. The zero-order chi connectivity index (χ0) is 14.8. The van der Waals surface area contributed by atoms with E-state index in [0.29, 0.717) is 6.61 Å². The van der Waals surface area contributed by atoms with E-state index in [0.717, 1.165) is 32.5 Å². The van der Waals surface area contributed by atoms with Gasteiger partial charge in [0.1, 0.15) is 0 Å². The van der Waals surface area contributed by atoms with E-state index in [1.807, 2.05) is 0 Å². The zero-order valence-corrected chi connectivity index (χ0v) is 13.0. The van der Waals surface area contributed by atoms with Crippen LogP contribution in [0.5, 0.6) is 0 Å². The average Bonchev–Trinajstić information content (AvgIpc) is 2.50. The summed E-state index contributed by atoms with van der Waals surface area (Å²) in [7, 11) is 3.47. The molecule has 1 rings (SSSR count). The molecule has 0 bridgehead atoms. The highest BCUT2D eigenvalue weighted by atomic mass is 16.5. The van der Waals surface area contributed by atoms with Crippen LogP contribution in [0.1, 0.15) is 31.4 Å². The minimum absolute atomic E-state index is 0.0821. The van der Waals surface area contributed by atoms with Crippen LogP contribution in [0.3, 0.4) is 0 Å².